The number of aliphatic hydroxyl groups is 1. The molecule has 0 fully saturated rings. The Morgan fingerprint density at radius 2 is 1.78 bits per heavy atom. The Balaban J connectivity index is 1.97. The lowest BCUT2D eigenvalue weighted by molar-refractivity contribution is 0.275. The van der Waals surface area contributed by atoms with E-state index in [1.807, 2.05) is 31.2 Å². The van der Waals surface area contributed by atoms with Gasteiger partial charge >= 0.3 is 0 Å². The van der Waals surface area contributed by atoms with Gasteiger partial charge in [-0.15, -0.1) is 11.3 Å². The van der Waals surface area contributed by atoms with Crippen molar-refractivity contribution in [3.05, 3.63) is 64.3 Å². The van der Waals surface area contributed by atoms with E-state index in [0.717, 1.165) is 27.5 Å². The quantitative estimate of drug-likeness (QED) is 0.627. The molecule has 1 aromatic heterocycles. The van der Waals surface area contributed by atoms with Crippen molar-refractivity contribution in [1.82, 2.24) is 4.57 Å². The standard InChI is InChI=1S/C22H26N2O2S/c1-4-26-20-11-9-19(10-12-20)23-22-24(13-14-25)21(15-27-22)18-7-5-17(6-8-18)16(2)3/h5-12,15-16,25H,4,13-14H2,1-3H3. The van der Waals surface area contributed by atoms with Gasteiger partial charge in [0.15, 0.2) is 4.80 Å². The summed E-state index contributed by atoms with van der Waals surface area (Å²) in [6.45, 7) is 7.59. The maximum Gasteiger partial charge on any atom is 0.190 e. The molecule has 3 rings (SSSR count). The second-order valence-electron chi connectivity index (χ2n) is 6.59. The first-order chi connectivity index (χ1) is 13.1. The molecule has 2 aromatic carbocycles. The van der Waals surface area contributed by atoms with Crippen LogP contribution < -0.4 is 9.54 Å². The van der Waals surface area contributed by atoms with Crippen LogP contribution in [0.2, 0.25) is 0 Å². The van der Waals surface area contributed by atoms with Crippen LogP contribution in [0.5, 0.6) is 5.75 Å². The van der Waals surface area contributed by atoms with Gasteiger partial charge in [-0.05, 0) is 48.2 Å². The van der Waals surface area contributed by atoms with Crippen molar-refractivity contribution in [3.8, 4) is 17.0 Å². The largest absolute Gasteiger partial charge is 0.494 e. The van der Waals surface area contributed by atoms with E-state index >= 15 is 0 Å². The number of hydrogen-bond donors (Lipinski definition) is 1. The molecule has 0 amide bonds. The molecule has 0 saturated carbocycles. The summed E-state index contributed by atoms with van der Waals surface area (Å²) in [6, 6.07) is 16.4. The molecule has 4 nitrogen and oxygen atoms in total. The van der Waals surface area contributed by atoms with Gasteiger partial charge in [0, 0.05) is 11.9 Å². The van der Waals surface area contributed by atoms with Crippen molar-refractivity contribution in [1.29, 1.82) is 0 Å². The van der Waals surface area contributed by atoms with Gasteiger partial charge in [0.25, 0.3) is 0 Å². The van der Waals surface area contributed by atoms with E-state index in [4.69, 9.17) is 9.73 Å². The van der Waals surface area contributed by atoms with E-state index < -0.39 is 0 Å². The number of nitrogens with zero attached hydrogens (tertiary/aromatic N) is 2. The molecule has 0 bridgehead atoms. The lowest BCUT2D eigenvalue weighted by atomic mass is 10.0. The minimum absolute atomic E-state index is 0.0737. The average Bonchev–Trinajstić information content (AvgIpc) is 3.06. The first-order valence-corrected chi connectivity index (χ1v) is 10.2. The first-order valence-electron chi connectivity index (χ1n) is 9.29. The Morgan fingerprint density at radius 3 is 2.37 bits per heavy atom. The molecule has 142 valence electrons. The summed E-state index contributed by atoms with van der Waals surface area (Å²) in [7, 11) is 0. The monoisotopic (exact) mass is 382 g/mol. The zero-order chi connectivity index (χ0) is 19.2. The summed E-state index contributed by atoms with van der Waals surface area (Å²) in [5, 5.41) is 11.6. The highest BCUT2D eigenvalue weighted by molar-refractivity contribution is 7.07. The number of aliphatic hydroxyl groups excluding tert-OH is 1. The fourth-order valence-electron chi connectivity index (χ4n) is 2.90. The van der Waals surface area contributed by atoms with Crippen LogP contribution in [0.1, 0.15) is 32.3 Å². The Kier molecular flexibility index (Phi) is 6.48. The Labute approximate surface area is 164 Å². The zero-order valence-electron chi connectivity index (χ0n) is 16.1. The van der Waals surface area contributed by atoms with Crippen molar-refractivity contribution in [2.24, 2.45) is 4.99 Å². The summed E-state index contributed by atoms with van der Waals surface area (Å²) in [5.74, 6) is 1.35. The van der Waals surface area contributed by atoms with Gasteiger partial charge in [-0.2, -0.15) is 0 Å². The molecule has 0 atom stereocenters. The van der Waals surface area contributed by atoms with Crippen molar-refractivity contribution in [2.45, 2.75) is 33.2 Å². The zero-order valence-corrected chi connectivity index (χ0v) is 16.9. The van der Waals surface area contributed by atoms with Crippen molar-refractivity contribution in [2.75, 3.05) is 13.2 Å². The SMILES string of the molecule is CCOc1ccc(N=c2scc(-c3ccc(C(C)C)cc3)n2CCO)cc1. The van der Waals surface area contributed by atoms with Crippen LogP contribution in [0, 0.1) is 0 Å². The summed E-state index contributed by atoms with van der Waals surface area (Å²) in [4.78, 5) is 5.64. The van der Waals surface area contributed by atoms with Gasteiger partial charge in [0.1, 0.15) is 5.75 Å². The van der Waals surface area contributed by atoms with Crippen LogP contribution in [0.3, 0.4) is 0 Å². The van der Waals surface area contributed by atoms with Crippen molar-refractivity contribution >= 4 is 17.0 Å². The smallest absolute Gasteiger partial charge is 0.190 e. The van der Waals surface area contributed by atoms with E-state index in [1.54, 1.807) is 11.3 Å². The van der Waals surface area contributed by atoms with E-state index in [-0.39, 0.29) is 6.61 Å². The second-order valence-corrected chi connectivity index (χ2v) is 7.43. The highest BCUT2D eigenvalue weighted by atomic mass is 32.1. The first kappa shape index (κ1) is 19.4. The normalized spacial score (nSPS) is 12.0. The Morgan fingerprint density at radius 1 is 1.07 bits per heavy atom. The molecule has 0 unspecified atom stereocenters. The van der Waals surface area contributed by atoms with Gasteiger partial charge < -0.3 is 14.4 Å². The molecule has 27 heavy (non-hydrogen) atoms. The van der Waals surface area contributed by atoms with Crippen LogP contribution in [-0.2, 0) is 6.54 Å². The maximum atomic E-state index is 9.54. The fourth-order valence-corrected chi connectivity index (χ4v) is 3.85. The van der Waals surface area contributed by atoms with Gasteiger partial charge in [0.05, 0.1) is 24.6 Å². The highest BCUT2D eigenvalue weighted by Crippen LogP contribution is 2.24. The molecule has 1 heterocycles. The fraction of sp³-hybridized carbons (Fsp3) is 0.318. The molecule has 0 spiro atoms. The molecule has 0 saturated heterocycles. The van der Waals surface area contributed by atoms with Crippen LogP contribution in [0.4, 0.5) is 5.69 Å². The van der Waals surface area contributed by atoms with Crippen molar-refractivity contribution in [3.63, 3.8) is 0 Å². The van der Waals surface area contributed by atoms with Crippen LogP contribution in [0.25, 0.3) is 11.3 Å². The molecular weight excluding hydrogens is 356 g/mol. The summed E-state index contributed by atoms with van der Waals surface area (Å²) in [6.07, 6.45) is 0. The summed E-state index contributed by atoms with van der Waals surface area (Å²) in [5.41, 5.74) is 4.40. The van der Waals surface area contributed by atoms with Gasteiger partial charge in [-0.3, -0.25) is 0 Å². The highest BCUT2D eigenvalue weighted by Gasteiger charge is 2.09. The molecule has 0 radical (unpaired) electrons. The van der Waals surface area contributed by atoms with E-state index in [2.05, 4.69) is 48.1 Å². The molecule has 0 aliphatic heterocycles. The molecule has 1 N–H and O–H groups in total. The molecule has 3 aromatic rings. The average molecular weight is 383 g/mol. The minimum Gasteiger partial charge on any atom is -0.494 e. The van der Waals surface area contributed by atoms with Crippen LogP contribution >= 0.6 is 11.3 Å². The summed E-state index contributed by atoms with van der Waals surface area (Å²) < 4.78 is 7.56. The molecule has 5 heteroatoms. The predicted octanol–water partition coefficient (Wildman–Crippen LogP) is 4.96. The lowest BCUT2D eigenvalue weighted by Crippen LogP contribution is -2.17. The van der Waals surface area contributed by atoms with Crippen molar-refractivity contribution < 1.29 is 9.84 Å². The third-order valence-corrected chi connectivity index (χ3v) is 5.23. The van der Waals surface area contributed by atoms with E-state index in [0.29, 0.717) is 19.1 Å². The number of ether oxygens (including phenoxy) is 1. The second kappa shape index (κ2) is 9.02. The van der Waals surface area contributed by atoms with Gasteiger partial charge in [-0.25, -0.2) is 4.99 Å². The number of hydrogen-bond acceptors (Lipinski definition) is 4. The van der Waals surface area contributed by atoms with Gasteiger partial charge in [-0.1, -0.05) is 38.1 Å². The maximum absolute atomic E-state index is 9.54. The van der Waals surface area contributed by atoms with Crippen LogP contribution in [-0.4, -0.2) is 22.9 Å². The number of aromatic nitrogens is 1. The molecule has 0 aliphatic carbocycles. The van der Waals surface area contributed by atoms with E-state index in [9.17, 15) is 5.11 Å². The number of rotatable bonds is 7. The number of benzene rings is 2. The van der Waals surface area contributed by atoms with Gasteiger partial charge in [0.2, 0.25) is 0 Å². The Hall–Kier alpha value is -2.37. The predicted molar refractivity (Wildman–Crippen MR) is 112 cm³/mol. The minimum atomic E-state index is 0.0737. The third-order valence-electron chi connectivity index (χ3n) is 4.37. The van der Waals surface area contributed by atoms with Crippen LogP contribution in [0.15, 0.2) is 58.9 Å². The topological polar surface area (TPSA) is 46.8 Å². The number of thiazole rings is 1. The lowest BCUT2D eigenvalue weighted by Gasteiger charge is -2.10. The Bertz CT molecular complexity index is 922. The molecule has 0 aliphatic rings. The van der Waals surface area contributed by atoms with E-state index in [1.165, 1.54) is 5.56 Å². The molecular formula is C22H26N2O2S. The summed E-state index contributed by atoms with van der Waals surface area (Å²) >= 11 is 1.58. The third kappa shape index (κ3) is 4.67.